The van der Waals surface area contributed by atoms with Crippen LogP contribution in [-0.2, 0) is 5.60 Å². The zero-order valence-electron chi connectivity index (χ0n) is 16.0. The molecule has 5 nitrogen and oxygen atoms in total. The van der Waals surface area contributed by atoms with Crippen LogP contribution in [0, 0.1) is 5.92 Å². The molecule has 0 amide bonds. The van der Waals surface area contributed by atoms with Gasteiger partial charge in [0.05, 0.1) is 5.60 Å². The zero-order valence-corrected chi connectivity index (χ0v) is 16.0. The minimum absolute atomic E-state index is 0.668. The third-order valence-corrected chi connectivity index (χ3v) is 6.33. The fraction of sp³-hybridized carbons (Fsp3) is 0.545. The summed E-state index contributed by atoms with van der Waals surface area (Å²) in [7, 11) is 0. The highest BCUT2D eigenvalue weighted by Crippen LogP contribution is 2.40. The topological polar surface area (TPSA) is 52.5 Å². The maximum absolute atomic E-state index is 11.0. The Kier molecular flexibility index (Phi) is 5.69. The van der Waals surface area contributed by atoms with E-state index in [0.29, 0.717) is 0 Å². The third-order valence-electron chi connectivity index (χ3n) is 6.33. The fourth-order valence-corrected chi connectivity index (χ4v) is 4.48. The normalized spacial score (nSPS) is 26.9. The standard InChI is InChI=1S/C22H30N4O/c27-22(20-4-3-11-23-18-20)9-6-19(7-10-22)8-13-25-14-16-26(17-15-25)21-5-1-2-12-24-21/h1-5,11-12,18-19,27H,6-10,13-17H2. The van der Waals surface area contributed by atoms with E-state index < -0.39 is 5.60 Å². The highest BCUT2D eigenvalue weighted by atomic mass is 16.3. The first-order chi connectivity index (χ1) is 13.2. The molecule has 3 heterocycles. The van der Waals surface area contributed by atoms with E-state index in [4.69, 9.17) is 0 Å². The molecule has 27 heavy (non-hydrogen) atoms. The van der Waals surface area contributed by atoms with Crippen LogP contribution in [0.15, 0.2) is 48.9 Å². The van der Waals surface area contributed by atoms with Crippen molar-refractivity contribution in [3.05, 3.63) is 54.5 Å². The molecule has 2 aliphatic rings. The van der Waals surface area contributed by atoms with Crippen molar-refractivity contribution in [3.63, 3.8) is 0 Å². The van der Waals surface area contributed by atoms with Crippen molar-refractivity contribution < 1.29 is 5.11 Å². The summed E-state index contributed by atoms with van der Waals surface area (Å²) in [6.07, 6.45) is 10.6. The molecular formula is C22H30N4O. The molecule has 0 unspecified atom stereocenters. The van der Waals surface area contributed by atoms with Gasteiger partial charge >= 0.3 is 0 Å². The van der Waals surface area contributed by atoms with Crippen LogP contribution in [0.5, 0.6) is 0 Å². The summed E-state index contributed by atoms with van der Waals surface area (Å²) < 4.78 is 0. The molecule has 1 N–H and O–H groups in total. The van der Waals surface area contributed by atoms with Crippen molar-refractivity contribution in [3.8, 4) is 0 Å². The van der Waals surface area contributed by atoms with E-state index in [1.54, 1.807) is 6.20 Å². The molecule has 1 aliphatic carbocycles. The highest BCUT2D eigenvalue weighted by Gasteiger charge is 2.35. The van der Waals surface area contributed by atoms with E-state index in [9.17, 15) is 5.11 Å². The molecule has 0 atom stereocenters. The second-order valence-corrected chi connectivity index (χ2v) is 8.02. The van der Waals surface area contributed by atoms with Gasteiger partial charge in [-0.1, -0.05) is 12.1 Å². The summed E-state index contributed by atoms with van der Waals surface area (Å²) in [5.74, 6) is 1.83. The zero-order chi connectivity index (χ0) is 18.5. The summed E-state index contributed by atoms with van der Waals surface area (Å²) in [5.41, 5.74) is 0.313. The molecule has 2 aromatic heterocycles. The van der Waals surface area contributed by atoms with Crippen molar-refractivity contribution in [1.82, 2.24) is 14.9 Å². The molecule has 0 radical (unpaired) electrons. The van der Waals surface area contributed by atoms with Crippen LogP contribution >= 0.6 is 0 Å². The van der Waals surface area contributed by atoms with E-state index in [1.165, 1.54) is 13.0 Å². The Labute approximate surface area is 162 Å². The van der Waals surface area contributed by atoms with Crippen LogP contribution in [-0.4, -0.2) is 52.7 Å². The quantitative estimate of drug-likeness (QED) is 0.881. The lowest BCUT2D eigenvalue weighted by Crippen LogP contribution is -2.47. The van der Waals surface area contributed by atoms with Gasteiger partial charge in [0.1, 0.15) is 5.82 Å². The lowest BCUT2D eigenvalue weighted by Gasteiger charge is -2.38. The van der Waals surface area contributed by atoms with Gasteiger partial charge in [0.2, 0.25) is 0 Å². The van der Waals surface area contributed by atoms with E-state index in [0.717, 1.165) is 69.2 Å². The maximum atomic E-state index is 11.0. The molecule has 0 bridgehead atoms. The largest absolute Gasteiger partial charge is 0.385 e. The van der Waals surface area contributed by atoms with Gasteiger partial charge in [-0.25, -0.2) is 4.98 Å². The molecular weight excluding hydrogens is 336 g/mol. The minimum atomic E-state index is -0.668. The Hall–Kier alpha value is -1.98. The lowest BCUT2D eigenvalue weighted by atomic mass is 9.74. The third kappa shape index (κ3) is 4.47. The van der Waals surface area contributed by atoms with E-state index in [-0.39, 0.29) is 0 Å². The average molecular weight is 367 g/mol. The van der Waals surface area contributed by atoms with Gasteiger partial charge in [0.25, 0.3) is 0 Å². The summed E-state index contributed by atoms with van der Waals surface area (Å²) in [6, 6.07) is 10.1. The van der Waals surface area contributed by atoms with Crippen LogP contribution in [0.25, 0.3) is 0 Å². The van der Waals surface area contributed by atoms with Crippen LogP contribution in [0.2, 0.25) is 0 Å². The summed E-state index contributed by atoms with van der Waals surface area (Å²) in [4.78, 5) is 13.6. The molecule has 144 valence electrons. The van der Waals surface area contributed by atoms with Gasteiger partial charge in [0.15, 0.2) is 0 Å². The number of nitrogens with zero attached hydrogens (tertiary/aromatic N) is 4. The molecule has 1 saturated carbocycles. The van der Waals surface area contributed by atoms with E-state index in [2.05, 4.69) is 31.9 Å². The molecule has 1 saturated heterocycles. The minimum Gasteiger partial charge on any atom is -0.385 e. The van der Waals surface area contributed by atoms with Crippen LogP contribution in [0.3, 0.4) is 0 Å². The maximum Gasteiger partial charge on any atom is 0.128 e. The Balaban J connectivity index is 1.20. The molecule has 0 aromatic carbocycles. The highest BCUT2D eigenvalue weighted by molar-refractivity contribution is 5.38. The molecule has 4 rings (SSSR count). The number of anilines is 1. The van der Waals surface area contributed by atoms with Crippen molar-refractivity contribution in [2.75, 3.05) is 37.6 Å². The second-order valence-electron chi connectivity index (χ2n) is 8.02. The monoisotopic (exact) mass is 366 g/mol. The van der Waals surface area contributed by atoms with Crippen molar-refractivity contribution in [1.29, 1.82) is 0 Å². The van der Waals surface area contributed by atoms with Gasteiger partial charge in [0, 0.05) is 50.3 Å². The van der Waals surface area contributed by atoms with E-state index in [1.807, 2.05) is 30.6 Å². The Bertz CT molecular complexity index is 693. The first-order valence-electron chi connectivity index (χ1n) is 10.2. The van der Waals surface area contributed by atoms with Crippen molar-refractivity contribution in [2.45, 2.75) is 37.7 Å². The van der Waals surface area contributed by atoms with Gasteiger partial charge in [-0.3, -0.25) is 9.88 Å². The molecule has 5 heteroatoms. The first kappa shape index (κ1) is 18.4. The second kappa shape index (κ2) is 8.36. The van der Waals surface area contributed by atoms with Gasteiger partial charge in [-0.05, 0) is 62.8 Å². The summed E-state index contributed by atoms with van der Waals surface area (Å²) >= 11 is 0. The number of aliphatic hydroxyl groups is 1. The summed E-state index contributed by atoms with van der Waals surface area (Å²) in [6.45, 7) is 5.52. The number of hydrogen-bond acceptors (Lipinski definition) is 5. The Morgan fingerprint density at radius 1 is 1.00 bits per heavy atom. The Morgan fingerprint density at radius 2 is 1.81 bits per heavy atom. The SMILES string of the molecule is OC1(c2cccnc2)CCC(CCN2CCN(c3ccccn3)CC2)CC1. The van der Waals surface area contributed by atoms with Crippen LogP contribution < -0.4 is 4.90 Å². The fourth-order valence-electron chi connectivity index (χ4n) is 4.48. The van der Waals surface area contributed by atoms with Gasteiger partial charge in [-0.2, -0.15) is 0 Å². The molecule has 0 spiro atoms. The van der Waals surface area contributed by atoms with Crippen molar-refractivity contribution in [2.24, 2.45) is 5.92 Å². The molecule has 2 aromatic rings. The predicted molar refractivity (Wildman–Crippen MR) is 108 cm³/mol. The smallest absolute Gasteiger partial charge is 0.128 e. The van der Waals surface area contributed by atoms with Crippen LogP contribution in [0.1, 0.15) is 37.7 Å². The first-order valence-corrected chi connectivity index (χ1v) is 10.2. The van der Waals surface area contributed by atoms with E-state index >= 15 is 0 Å². The number of aromatic nitrogens is 2. The Morgan fingerprint density at radius 3 is 2.48 bits per heavy atom. The molecule has 2 fully saturated rings. The summed E-state index contributed by atoms with van der Waals surface area (Å²) in [5, 5.41) is 11.0. The number of hydrogen-bond donors (Lipinski definition) is 1. The number of pyridine rings is 2. The molecule has 1 aliphatic heterocycles. The van der Waals surface area contributed by atoms with Gasteiger partial charge < -0.3 is 10.0 Å². The van der Waals surface area contributed by atoms with Gasteiger partial charge in [-0.15, -0.1) is 0 Å². The number of rotatable bonds is 5. The lowest BCUT2D eigenvalue weighted by molar-refractivity contribution is -0.0164. The average Bonchev–Trinajstić information content (AvgIpc) is 2.75. The van der Waals surface area contributed by atoms with Crippen molar-refractivity contribution >= 4 is 5.82 Å². The number of piperazine rings is 1. The predicted octanol–water partition coefficient (Wildman–Crippen LogP) is 3.07. The van der Waals surface area contributed by atoms with Crippen LogP contribution in [0.4, 0.5) is 5.82 Å².